The van der Waals surface area contributed by atoms with E-state index in [9.17, 15) is 9.59 Å². The summed E-state index contributed by atoms with van der Waals surface area (Å²) in [5, 5.41) is 0. The molecule has 2 aliphatic carbocycles. The number of ketones is 2. The topological polar surface area (TPSA) is 65.1 Å². The van der Waals surface area contributed by atoms with Crippen molar-refractivity contribution in [1.82, 2.24) is 4.90 Å². The van der Waals surface area contributed by atoms with Crippen LogP contribution in [-0.4, -0.2) is 43.3 Å². The lowest BCUT2D eigenvalue weighted by Gasteiger charge is -2.44. The van der Waals surface area contributed by atoms with Crippen molar-refractivity contribution >= 4 is 34.2 Å². The molecule has 0 unspecified atom stereocenters. The third kappa shape index (κ3) is 5.86. The summed E-state index contributed by atoms with van der Waals surface area (Å²) in [5.41, 5.74) is 6.99. The molecule has 212 valence electrons. The lowest BCUT2D eigenvalue weighted by molar-refractivity contribution is -0.117. The van der Waals surface area contributed by atoms with Crippen LogP contribution in [0, 0.1) is 10.5 Å². The number of benzene rings is 2. The first kappa shape index (κ1) is 28.9. The zero-order chi connectivity index (χ0) is 28.2. The van der Waals surface area contributed by atoms with Gasteiger partial charge in [-0.25, -0.2) is 0 Å². The molecule has 0 spiro atoms. The Bertz CT molecular complexity index is 1320. The molecule has 0 aromatic heterocycles. The van der Waals surface area contributed by atoms with E-state index in [0.717, 1.165) is 75.9 Å². The number of methoxy groups -OCH3 is 1. The second-order valence-corrected chi connectivity index (χ2v) is 11.9. The van der Waals surface area contributed by atoms with Crippen molar-refractivity contribution in [2.45, 2.75) is 71.3 Å². The van der Waals surface area contributed by atoms with Gasteiger partial charge >= 0.3 is 0 Å². The summed E-state index contributed by atoms with van der Waals surface area (Å²) in [6, 6.07) is 12.4. The third-order valence-electron chi connectivity index (χ3n) is 7.95. The predicted molar refractivity (Wildman–Crippen MR) is 164 cm³/mol. The van der Waals surface area contributed by atoms with Gasteiger partial charge < -0.3 is 19.1 Å². The number of hydrogen-bond acceptors (Lipinski definition) is 6. The molecule has 0 bridgehead atoms. The zero-order valence-electron chi connectivity index (χ0n) is 23.7. The van der Waals surface area contributed by atoms with E-state index in [0.29, 0.717) is 44.2 Å². The fourth-order valence-electron chi connectivity index (χ4n) is 6.30. The van der Waals surface area contributed by atoms with Crippen LogP contribution in [-0.2, 0) is 20.9 Å². The molecule has 1 heterocycles. The second kappa shape index (κ2) is 12.9. The van der Waals surface area contributed by atoms with Crippen molar-refractivity contribution in [3.63, 3.8) is 0 Å². The predicted octanol–water partition coefficient (Wildman–Crippen LogP) is 7.03. The number of carbonyl (C=O) groups excluding carboxylic acids is 2. The molecule has 0 atom stereocenters. The summed E-state index contributed by atoms with van der Waals surface area (Å²) in [6.07, 6.45) is 5.27. The molecular weight excluding hydrogens is 617 g/mol. The van der Waals surface area contributed by atoms with Crippen LogP contribution in [0.3, 0.4) is 0 Å². The van der Waals surface area contributed by atoms with E-state index < -0.39 is 0 Å². The first-order valence-corrected chi connectivity index (χ1v) is 15.4. The van der Waals surface area contributed by atoms with E-state index in [1.54, 1.807) is 7.11 Å². The molecule has 0 radical (unpaired) electrons. The molecular formula is C33H38INO5. The average molecular weight is 656 g/mol. The monoisotopic (exact) mass is 655 g/mol. The van der Waals surface area contributed by atoms with E-state index in [1.165, 1.54) is 5.56 Å². The van der Waals surface area contributed by atoms with Crippen LogP contribution < -0.4 is 9.47 Å². The van der Waals surface area contributed by atoms with Gasteiger partial charge in [0.1, 0.15) is 6.61 Å². The maximum Gasteiger partial charge on any atom is 0.174 e. The van der Waals surface area contributed by atoms with Gasteiger partial charge in [0.05, 0.1) is 10.2 Å². The minimum atomic E-state index is -0.372. The Hall–Kier alpha value is -2.65. The molecule has 2 aromatic rings. The largest absolute Gasteiger partial charge is 0.490 e. The molecule has 40 heavy (non-hydrogen) atoms. The highest BCUT2D eigenvalue weighted by Crippen LogP contribution is 2.50. The summed E-state index contributed by atoms with van der Waals surface area (Å²) in [4.78, 5) is 29.5. The zero-order valence-corrected chi connectivity index (χ0v) is 25.8. The average Bonchev–Trinajstić information content (AvgIpc) is 2.93. The Morgan fingerprint density at radius 1 is 0.950 bits per heavy atom. The van der Waals surface area contributed by atoms with Crippen molar-refractivity contribution < 1.29 is 23.8 Å². The standard InChI is InChI=1S/C33H38INO5/c1-4-39-29-19-23(18-24(34)33(29)40-20-22-10-5-9-21(2)17-22)30-31-25(11-6-13-27(31)36)35(15-8-16-38-3)26-12-7-14-28(37)32(26)30/h5,9-10,17-19,30H,4,6-8,11-16,20H2,1-3H3. The number of allylic oxidation sites excluding steroid dienone is 4. The molecule has 0 saturated heterocycles. The van der Waals surface area contributed by atoms with Crippen molar-refractivity contribution in [3.05, 3.63) is 79.2 Å². The number of hydrogen-bond donors (Lipinski definition) is 0. The van der Waals surface area contributed by atoms with E-state index in [2.05, 4.69) is 58.7 Å². The Morgan fingerprint density at radius 3 is 2.27 bits per heavy atom. The molecule has 6 nitrogen and oxygen atoms in total. The van der Waals surface area contributed by atoms with Crippen LogP contribution >= 0.6 is 22.6 Å². The number of halogens is 1. The molecule has 2 aromatic carbocycles. The Balaban J connectivity index is 1.59. The maximum absolute atomic E-state index is 13.6. The van der Waals surface area contributed by atoms with E-state index >= 15 is 0 Å². The molecule has 0 saturated carbocycles. The van der Waals surface area contributed by atoms with Gasteiger partial charge in [-0.1, -0.05) is 29.8 Å². The fraction of sp³-hybridized carbons (Fsp3) is 0.455. The molecule has 0 amide bonds. The lowest BCUT2D eigenvalue weighted by Crippen LogP contribution is -2.39. The molecule has 7 heteroatoms. The van der Waals surface area contributed by atoms with Gasteiger partial charge in [-0.15, -0.1) is 0 Å². The second-order valence-electron chi connectivity index (χ2n) is 10.7. The SMILES string of the molecule is CCOc1cc(C2C3=C(CCCC3=O)N(CCCOC)C3=C2C(=O)CCC3)cc(I)c1OCc1cccc(C)c1. The molecule has 0 fully saturated rings. The summed E-state index contributed by atoms with van der Waals surface area (Å²) in [5.74, 6) is 1.28. The first-order valence-electron chi connectivity index (χ1n) is 14.4. The Kier molecular flexibility index (Phi) is 9.31. The fourth-order valence-corrected chi connectivity index (χ4v) is 7.08. The first-order chi connectivity index (χ1) is 19.4. The highest BCUT2D eigenvalue weighted by Gasteiger charge is 2.43. The molecule has 5 rings (SSSR count). The summed E-state index contributed by atoms with van der Waals surface area (Å²) < 4.78 is 18.7. The Morgan fingerprint density at radius 2 is 1.65 bits per heavy atom. The van der Waals surface area contributed by atoms with Gasteiger partial charge in [-0.3, -0.25) is 9.59 Å². The lowest BCUT2D eigenvalue weighted by atomic mass is 9.71. The summed E-state index contributed by atoms with van der Waals surface area (Å²) in [6.45, 7) is 6.34. The number of Topliss-reactive ketones (excluding diaryl/α,β-unsaturated/α-hetero) is 2. The van der Waals surface area contributed by atoms with E-state index in [1.807, 2.05) is 19.1 Å². The highest BCUT2D eigenvalue weighted by atomic mass is 127. The van der Waals surface area contributed by atoms with Gasteiger partial charge in [-0.2, -0.15) is 0 Å². The van der Waals surface area contributed by atoms with Crippen molar-refractivity contribution in [2.24, 2.45) is 0 Å². The number of aryl methyl sites for hydroxylation is 1. The van der Waals surface area contributed by atoms with Crippen molar-refractivity contribution in [3.8, 4) is 11.5 Å². The minimum Gasteiger partial charge on any atom is -0.490 e. The molecule has 0 N–H and O–H groups in total. The number of nitrogens with zero attached hydrogens (tertiary/aromatic N) is 1. The van der Waals surface area contributed by atoms with Crippen LogP contribution in [0.1, 0.15) is 74.5 Å². The van der Waals surface area contributed by atoms with Crippen molar-refractivity contribution in [1.29, 1.82) is 0 Å². The quantitative estimate of drug-likeness (QED) is 0.203. The van der Waals surface area contributed by atoms with E-state index in [4.69, 9.17) is 14.2 Å². The van der Waals surface area contributed by atoms with E-state index in [-0.39, 0.29) is 17.5 Å². The summed E-state index contributed by atoms with van der Waals surface area (Å²) >= 11 is 2.30. The smallest absolute Gasteiger partial charge is 0.174 e. The van der Waals surface area contributed by atoms with Crippen LogP contribution in [0.15, 0.2) is 58.9 Å². The minimum absolute atomic E-state index is 0.153. The molecule has 1 aliphatic heterocycles. The van der Waals surface area contributed by atoms with Gasteiger partial charge in [-0.05, 0) is 91.8 Å². The number of carbonyl (C=O) groups is 2. The van der Waals surface area contributed by atoms with Crippen LogP contribution in [0.25, 0.3) is 0 Å². The summed E-state index contributed by atoms with van der Waals surface area (Å²) in [7, 11) is 1.71. The number of ether oxygens (including phenoxy) is 3. The van der Waals surface area contributed by atoms with Crippen molar-refractivity contribution in [2.75, 3.05) is 26.9 Å². The third-order valence-corrected chi connectivity index (χ3v) is 8.75. The molecule has 3 aliphatic rings. The van der Waals surface area contributed by atoms with Crippen LogP contribution in [0.5, 0.6) is 11.5 Å². The maximum atomic E-state index is 13.6. The normalized spacial score (nSPS) is 17.8. The van der Waals surface area contributed by atoms with Crippen LogP contribution in [0.4, 0.5) is 0 Å². The van der Waals surface area contributed by atoms with Gasteiger partial charge in [0.15, 0.2) is 23.1 Å². The van der Waals surface area contributed by atoms with Crippen LogP contribution in [0.2, 0.25) is 0 Å². The Labute approximate surface area is 250 Å². The number of rotatable bonds is 10. The highest BCUT2D eigenvalue weighted by molar-refractivity contribution is 14.1. The van der Waals surface area contributed by atoms with Gasteiger partial charge in [0.2, 0.25) is 0 Å². The van der Waals surface area contributed by atoms with Gasteiger partial charge in [0.25, 0.3) is 0 Å². The van der Waals surface area contributed by atoms with Gasteiger partial charge in [0, 0.05) is 61.6 Å².